The standard InChI is InChI=1S/C16H26N2OS/c1-12-10-14(13(2)20-12)6-4-8-16(19)18-9-5-7-15(11-18)17-3/h10,15,17H,4-9,11H2,1-3H3. The smallest absolute Gasteiger partial charge is 0.222 e. The second-order valence-corrected chi connectivity index (χ2v) is 7.22. The number of hydrogen-bond acceptors (Lipinski definition) is 3. The number of piperidine rings is 1. The van der Waals surface area contributed by atoms with Crippen molar-refractivity contribution in [2.45, 2.75) is 52.0 Å². The highest BCUT2D eigenvalue weighted by atomic mass is 32.1. The molecule has 1 fully saturated rings. The Labute approximate surface area is 126 Å². The van der Waals surface area contributed by atoms with Crippen molar-refractivity contribution in [2.75, 3.05) is 20.1 Å². The highest BCUT2D eigenvalue weighted by molar-refractivity contribution is 7.12. The molecule has 2 rings (SSSR count). The molecule has 3 nitrogen and oxygen atoms in total. The third-order valence-corrected chi connectivity index (χ3v) is 5.17. The maximum absolute atomic E-state index is 12.2. The summed E-state index contributed by atoms with van der Waals surface area (Å²) in [5.41, 5.74) is 1.42. The molecule has 1 saturated heterocycles. The monoisotopic (exact) mass is 294 g/mol. The van der Waals surface area contributed by atoms with Gasteiger partial charge in [0.25, 0.3) is 0 Å². The summed E-state index contributed by atoms with van der Waals surface area (Å²) in [6.07, 6.45) is 5.00. The van der Waals surface area contributed by atoms with E-state index >= 15 is 0 Å². The van der Waals surface area contributed by atoms with E-state index < -0.39 is 0 Å². The molecule has 1 aromatic heterocycles. The summed E-state index contributed by atoms with van der Waals surface area (Å²) in [6.45, 7) is 6.15. The van der Waals surface area contributed by atoms with E-state index in [2.05, 4.69) is 25.2 Å². The Bertz CT molecular complexity index is 455. The van der Waals surface area contributed by atoms with Crippen LogP contribution in [0.5, 0.6) is 0 Å². The molecular weight excluding hydrogens is 268 g/mol. The zero-order valence-electron chi connectivity index (χ0n) is 12.9. The first-order valence-corrected chi connectivity index (χ1v) is 8.42. The van der Waals surface area contributed by atoms with E-state index in [1.54, 1.807) is 0 Å². The van der Waals surface area contributed by atoms with Crippen LogP contribution >= 0.6 is 11.3 Å². The molecule has 2 heterocycles. The highest BCUT2D eigenvalue weighted by Crippen LogP contribution is 2.22. The predicted molar refractivity (Wildman–Crippen MR) is 85.4 cm³/mol. The number of amides is 1. The van der Waals surface area contributed by atoms with Crippen LogP contribution in [0.2, 0.25) is 0 Å². The van der Waals surface area contributed by atoms with Crippen LogP contribution in [0.15, 0.2) is 6.07 Å². The molecule has 1 aliphatic heterocycles. The fourth-order valence-electron chi connectivity index (χ4n) is 2.96. The van der Waals surface area contributed by atoms with Crippen molar-refractivity contribution in [3.8, 4) is 0 Å². The first-order chi connectivity index (χ1) is 9.60. The average Bonchev–Trinajstić information content (AvgIpc) is 2.77. The van der Waals surface area contributed by atoms with Gasteiger partial charge in [0.2, 0.25) is 5.91 Å². The molecule has 4 heteroatoms. The van der Waals surface area contributed by atoms with Gasteiger partial charge >= 0.3 is 0 Å². The molecule has 112 valence electrons. The van der Waals surface area contributed by atoms with Gasteiger partial charge in [-0.3, -0.25) is 4.79 Å². The third-order valence-electron chi connectivity index (χ3n) is 4.16. The Morgan fingerprint density at radius 3 is 2.95 bits per heavy atom. The quantitative estimate of drug-likeness (QED) is 0.905. The normalized spacial score (nSPS) is 19.4. The second kappa shape index (κ2) is 7.23. The molecule has 0 saturated carbocycles. The first-order valence-electron chi connectivity index (χ1n) is 7.61. The number of likely N-dealkylation sites (tertiary alicyclic amines) is 1. The van der Waals surface area contributed by atoms with Crippen molar-refractivity contribution in [1.82, 2.24) is 10.2 Å². The number of thiophene rings is 1. The number of rotatable bonds is 5. The van der Waals surface area contributed by atoms with Crippen LogP contribution in [0, 0.1) is 13.8 Å². The van der Waals surface area contributed by atoms with Gasteiger partial charge in [0, 0.05) is 35.3 Å². The van der Waals surface area contributed by atoms with Gasteiger partial charge in [0.05, 0.1) is 0 Å². The van der Waals surface area contributed by atoms with Crippen LogP contribution in [0.25, 0.3) is 0 Å². The van der Waals surface area contributed by atoms with Gasteiger partial charge in [-0.15, -0.1) is 11.3 Å². The summed E-state index contributed by atoms with van der Waals surface area (Å²) in [5.74, 6) is 0.328. The van der Waals surface area contributed by atoms with E-state index in [1.165, 1.54) is 21.7 Å². The second-order valence-electron chi connectivity index (χ2n) is 5.76. The summed E-state index contributed by atoms with van der Waals surface area (Å²) in [4.78, 5) is 17.1. The van der Waals surface area contributed by atoms with E-state index in [4.69, 9.17) is 0 Å². The number of carbonyl (C=O) groups excluding carboxylic acids is 1. The topological polar surface area (TPSA) is 32.3 Å². The van der Waals surface area contributed by atoms with Crippen molar-refractivity contribution in [2.24, 2.45) is 0 Å². The molecule has 1 amide bonds. The van der Waals surface area contributed by atoms with Crippen molar-refractivity contribution >= 4 is 17.2 Å². The Morgan fingerprint density at radius 1 is 1.50 bits per heavy atom. The van der Waals surface area contributed by atoms with Crippen molar-refractivity contribution in [3.05, 3.63) is 21.4 Å². The lowest BCUT2D eigenvalue weighted by atomic mass is 10.0. The Hall–Kier alpha value is -0.870. The van der Waals surface area contributed by atoms with Gasteiger partial charge in [-0.1, -0.05) is 0 Å². The van der Waals surface area contributed by atoms with Crippen LogP contribution in [0.1, 0.15) is 41.0 Å². The molecule has 0 radical (unpaired) electrons. The van der Waals surface area contributed by atoms with Crippen molar-refractivity contribution < 1.29 is 4.79 Å². The Balaban J connectivity index is 1.76. The van der Waals surface area contributed by atoms with E-state index in [0.717, 1.165) is 32.4 Å². The summed E-state index contributed by atoms with van der Waals surface area (Å²) < 4.78 is 0. The van der Waals surface area contributed by atoms with Gasteiger partial charge in [-0.25, -0.2) is 0 Å². The number of nitrogens with one attached hydrogen (secondary N) is 1. The number of likely N-dealkylation sites (N-methyl/N-ethyl adjacent to an activating group) is 1. The number of aryl methyl sites for hydroxylation is 3. The average molecular weight is 294 g/mol. The molecular formula is C16H26N2OS. The fraction of sp³-hybridized carbons (Fsp3) is 0.688. The van der Waals surface area contributed by atoms with Crippen LogP contribution < -0.4 is 5.32 Å². The molecule has 0 bridgehead atoms. The first kappa shape index (κ1) is 15.5. The van der Waals surface area contributed by atoms with Gasteiger partial charge in [0.15, 0.2) is 0 Å². The fourth-order valence-corrected chi connectivity index (χ4v) is 3.94. The maximum atomic E-state index is 12.2. The summed E-state index contributed by atoms with van der Waals surface area (Å²) >= 11 is 1.86. The van der Waals surface area contributed by atoms with Gasteiger partial charge in [0.1, 0.15) is 0 Å². The lowest BCUT2D eigenvalue weighted by Gasteiger charge is -2.32. The van der Waals surface area contributed by atoms with E-state index in [0.29, 0.717) is 18.4 Å². The predicted octanol–water partition coefficient (Wildman–Crippen LogP) is 2.90. The molecule has 1 N–H and O–H groups in total. The van der Waals surface area contributed by atoms with Gasteiger partial charge < -0.3 is 10.2 Å². The maximum Gasteiger partial charge on any atom is 0.222 e. The van der Waals surface area contributed by atoms with Crippen LogP contribution in [0.4, 0.5) is 0 Å². The van der Waals surface area contributed by atoms with E-state index in [9.17, 15) is 4.79 Å². The summed E-state index contributed by atoms with van der Waals surface area (Å²) in [5, 5.41) is 3.29. The number of carbonyl (C=O) groups is 1. The van der Waals surface area contributed by atoms with Crippen molar-refractivity contribution in [3.63, 3.8) is 0 Å². The zero-order chi connectivity index (χ0) is 14.5. The molecule has 1 aromatic rings. The molecule has 20 heavy (non-hydrogen) atoms. The van der Waals surface area contributed by atoms with Gasteiger partial charge in [-0.2, -0.15) is 0 Å². The van der Waals surface area contributed by atoms with E-state index in [-0.39, 0.29) is 0 Å². The third kappa shape index (κ3) is 4.06. The zero-order valence-corrected chi connectivity index (χ0v) is 13.7. The van der Waals surface area contributed by atoms with E-state index in [1.807, 2.05) is 23.3 Å². The molecule has 1 aliphatic rings. The van der Waals surface area contributed by atoms with Crippen LogP contribution in [0.3, 0.4) is 0 Å². The summed E-state index contributed by atoms with van der Waals surface area (Å²) in [7, 11) is 1.99. The largest absolute Gasteiger partial charge is 0.341 e. The lowest BCUT2D eigenvalue weighted by Crippen LogP contribution is -2.46. The summed E-state index contributed by atoms with van der Waals surface area (Å²) in [6, 6.07) is 2.75. The van der Waals surface area contributed by atoms with Crippen LogP contribution in [-0.2, 0) is 11.2 Å². The highest BCUT2D eigenvalue weighted by Gasteiger charge is 2.21. The number of nitrogens with zero attached hydrogens (tertiary/aromatic N) is 1. The number of hydrogen-bond donors (Lipinski definition) is 1. The minimum atomic E-state index is 0.328. The Morgan fingerprint density at radius 2 is 2.30 bits per heavy atom. The minimum Gasteiger partial charge on any atom is -0.341 e. The molecule has 0 aromatic carbocycles. The molecule has 1 atom stereocenters. The lowest BCUT2D eigenvalue weighted by molar-refractivity contribution is -0.132. The molecule has 0 spiro atoms. The minimum absolute atomic E-state index is 0.328. The van der Waals surface area contributed by atoms with Gasteiger partial charge in [-0.05, 0) is 58.2 Å². The van der Waals surface area contributed by atoms with Crippen molar-refractivity contribution in [1.29, 1.82) is 0 Å². The van der Waals surface area contributed by atoms with Crippen LogP contribution in [-0.4, -0.2) is 37.0 Å². The SMILES string of the molecule is CNC1CCCN(C(=O)CCCc2cc(C)sc2C)C1. The molecule has 0 aliphatic carbocycles. The Kier molecular flexibility index (Phi) is 5.61. The molecule has 1 unspecified atom stereocenters.